The molecule has 0 radical (unpaired) electrons. The maximum Gasteiger partial charge on any atom is 0.248 e. The topological polar surface area (TPSA) is 44.9 Å². The Morgan fingerprint density at radius 3 is 3.00 bits per heavy atom. The van der Waals surface area contributed by atoms with Gasteiger partial charge in [-0.3, -0.25) is 4.79 Å². The molecule has 0 bridgehead atoms. The van der Waals surface area contributed by atoms with E-state index in [1.165, 1.54) is 11.3 Å². The van der Waals surface area contributed by atoms with E-state index in [1.54, 1.807) is 6.07 Å². The Hall–Kier alpha value is -1.77. The zero-order valence-electron chi connectivity index (χ0n) is 7.63. The molecule has 0 saturated carbocycles. The molecule has 1 aliphatic heterocycles. The van der Waals surface area contributed by atoms with Crippen LogP contribution >= 0.6 is 0 Å². The van der Waals surface area contributed by atoms with Gasteiger partial charge in [0, 0.05) is 29.2 Å². The maximum absolute atomic E-state index is 11.1. The van der Waals surface area contributed by atoms with Gasteiger partial charge in [-0.2, -0.15) is 0 Å². The molecule has 2 N–H and O–H groups in total. The quantitative estimate of drug-likeness (QED) is 0.654. The Balaban J connectivity index is 2.44. The van der Waals surface area contributed by atoms with Crippen LogP contribution in [0.2, 0.25) is 0 Å². The first-order valence-corrected chi connectivity index (χ1v) is 4.73. The van der Waals surface area contributed by atoms with E-state index >= 15 is 0 Å². The van der Waals surface area contributed by atoms with E-state index in [9.17, 15) is 4.79 Å². The predicted octanol–water partition coefficient (Wildman–Crippen LogP) is 1.50. The van der Waals surface area contributed by atoms with Crippen LogP contribution in [-0.2, 0) is 6.42 Å². The van der Waals surface area contributed by atoms with Gasteiger partial charge in [-0.25, -0.2) is 0 Å². The molecule has 70 valence electrons. The zero-order valence-corrected chi connectivity index (χ0v) is 7.63. The van der Waals surface area contributed by atoms with Crippen LogP contribution in [0.5, 0.6) is 0 Å². The van der Waals surface area contributed by atoms with E-state index in [2.05, 4.69) is 10.3 Å². The molecule has 3 rings (SSSR count). The molecule has 3 heteroatoms. The number of hydrogen-bond acceptors (Lipinski definition) is 2. The SMILES string of the molecule is O=c1ccc2c3c(ccc2[nH]1)NCC3. The van der Waals surface area contributed by atoms with Gasteiger partial charge in [0.15, 0.2) is 0 Å². The Labute approximate surface area is 80.8 Å². The van der Waals surface area contributed by atoms with Crippen molar-refractivity contribution in [2.24, 2.45) is 0 Å². The molecular weight excluding hydrogens is 176 g/mol. The Morgan fingerprint density at radius 1 is 1.14 bits per heavy atom. The molecule has 0 saturated heterocycles. The molecule has 2 aromatic rings. The number of aromatic amines is 1. The lowest BCUT2D eigenvalue weighted by Crippen LogP contribution is -2.02. The number of nitrogens with one attached hydrogen (secondary N) is 2. The van der Waals surface area contributed by atoms with Crippen molar-refractivity contribution in [1.82, 2.24) is 4.98 Å². The van der Waals surface area contributed by atoms with E-state index in [1.807, 2.05) is 18.2 Å². The van der Waals surface area contributed by atoms with Gasteiger partial charge >= 0.3 is 0 Å². The first kappa shape index (κ1) is 7.62. The van der Waals surface area contributed by atoms with Crippen molar-refractivity contribution in [2.75, 3.05) is 11.9 Å². The van der Waals surface area contributed by atoms with Crippen molar-refractivity contribution in [2.45, 2.75) is 6.42 Å². The molecule has 0 amide bonds. The summed E-state index contributed by atoms with van der Waals surface area (Å²) in [5.41, 5.74) is 3.41. The van der Waals surface area contributed by atoms with Crippen LogP contribution in [0.15, 0.2) is 29.1 Å². The third kappa shape index (κ3) is 0.954. The van der Waals surface area contributed by atoms with Crippen LogP contribution in [0.1, 0.15) is 5.56 Å². The standard InChI is InChI=1S/C11H10N2O/c14-11-4-1-7-8-5-6-12-9(8)2-3-10(7)13-11/h1-4,12H,5-6H2,(H,13,14). The summed E-state index contributed by atoms with van der Waals surface area (Å²) in [6.07, 6.45) is 1.04. The fourth-order valence-corrected chi connectivity index (χ4v) is 2.05. The highest BCUT2D eigenvalue weighted by Gasteiger charge is 2.12. The lowest BCUT2D eigenvalue weighted by atomic mass is 10.1. The van der Waals surface area contributed by atoms with Gasteiger partial charge in [0.1, 0.15) is 0 Å². The second-order valence-electron chi connectivity index (χ2n) is 3.55. The van der Waals surface area contributed by atoms with Crippen molar-refractivity contribution < 1.29 is 0 Å². The summed E-state index contributed by atoms with van der Waals surface area (Å²) in [6, 6.07) is 7.47. The molecule has 3 nitrogen and oxygen atoms in total. The van der Waals surface area contributed by atoms with E-state index in [-0.39, 0.29) is 5.56 Å². The molecule has 1 aromatic heterocycles. The molecule has 0 spiro atoms. The van der Waals surface area contributed by atoms with Gasteiger partial charge < -0.3 is 10.3 Å². The maximum atomic E-state index is 11.1. The summed E-state index contributed by atoms with van der Waals surface area (Å²) >= 11 is 0. The monoisotopic (exact) mass is 186 g/mol. The lowest BCUT2D eigenvalue weighted by molar-refractivity contribution is 1.11. The van der Waals surface area contributed by atoms with E-state index < -0.39 is 0 Å². The van der Waals surface area contributed by atoms with Gasteiger partial charge in [-0.05, 0) is 30.2 Å². The third-order valence-corrected chi connectivity index (χ3v) is 2.71. The summed E-state index contributed by atoms with van der Waals surface area (Å²) in [6.45, 7) is 0.994. The molecule has 14 heavy (non-hydrogen) atoms. The molecule has 1 aromatic carbocycles. The van der Waals surface area contributed by atoms with E-state index in [0.29, 0.717) is 0 Å². The lowest BCUT2D eigenvalue weighted by Gasteiger charge is -2.03. The average molecular weight is 186 g/mol. The fourth-order valence-electron chi connectivity index (χ4n) is 2.05. The largest absolute Gasteiger partial charge is 0.384 e. The highest BCUT2D eigenvalue weighted by molar-refractivity contribution is 5.88. The Kier molecular flexibility index (Phi) is 1.42. The van der Waals surface area contributed by atoms with Crippen LogP contribution in [0.25, 0.3) is 10.9 Å². The Bertz CT molecular complexity index is 557. The van der Waals surface area contributed by atoms with E-state index in [4.69, 9.17) is 0 Å². The van der Waals surface area contributed by atoms with Crippen molar-refractivity contribution in [3.05, 3.63) is 40.2 Å². The fraction of sp³-hybridized carbons (Fsp3) is 0.182. The number of fused-ring (bicyclic) bond motifs is 3. The number of benzene rings is 1. The first-order chi connectivity index (χ1) is 6.84. The van der Waals surface area contributed by atoms with Crippen molar-refractivity contribution in [1.29, 1.82) is 0 Å². The molecule has 0 fully saturated rings. The second-order valence-corrected chi connectivity index (χ2v) is 3.55. The molecular formula is C11H10N2O. The first-order valence-electron chi connectivity index (χ1n) is 4.73. The molecule has 0 unspecified atom stereocenters. The zero-order chi connectivity index (χ0) is 9.54. The van der Waals surface area contributed by atoms with E-state index in [0.717, 1.165) is 23.9 Å². The number of anilines is 1. The van der Waals surface area contributed by atoms with Crippen LogP contribution < -0.4 is 10.9 Å². The smallest absolute Gasteiger partial charge is 0.248 e. The van der Waals surface area contributed by atoms with Crippen molar-refractivity contribution >= 4 is 16.6 Å². The number of rotatable bonds is 0. The van der Waals surface area contributed by atoms with Gasteiger partial charge in [0.2, 0.25) is 5.56 Å². The summed E-state index contributed by atoms with van der Waals surface area (Å²) in [7, 11) is 0. The molecule has 0 atom stereocenters. The number of H-pyrrole nitrogens is 1. The molecule has 0 aliphatic carbocycles. The average Bonchev–Trinajstić information content (AvgIpc) is 2.65. The highest BCUT2D eigenvalue weighted by atomic mass is 16.1. The second kappa shape index (κ2) is 2.61. The summed E-state index contributed by atoms with van der Waals surface area (Å²) < 4.78 is 0. The minimum atomic E-state index is -0.0385. The minimum absolute atomic E-state index is 0.0385. The minimum Gasteiger partial charge on any atom is -0.384 e. The summed E-state index contributed by atoms with van der Waals surface area (Å²) in [5, 5.41) is 4.47. The number of hydrogen-bond donors (Lipinski definition) is 2. The van der Waals surface area contributed by atoms with Crippen LogP contribution in [0.4, 0.5) is 5.69 Å². The predicted molar refractivity (Wildman–Crippen MR) is 56.8 cm³/mol. The van der Waals surface area contributed by atoms with Crippen LogP contribution in [0.3, 0.4) is 0 Å². The molecule has 2 heterocycles. The van der Waals surface area contributed by atoms with Crippen LogP contribution in [-0.4, -0.2) is 11.5 Å². The summed E-state index contributed by atoms with van der Waals surface area (Å²) in [5.74, 6) is 0. The Morgan fingerprint density at radius 2 is 2.07 bits per heavy atom. The van der Waals surface area contributed by atoms with Crippen molar-refractivity contribution in [3.8, 4) is 0 Å². The highest BCUT2D eigenvalue weighted by Crippen LogP contribution is 2.28. The van der Waals surface area contributed by atoms with Gasteiger partial charge in [0.05, 0.1) is 0 Å². The van der Waals surface area contributed by atoms with Gasteiger partial charge in [-0.15, -0.1) is 0 Å². The van der Waals surface area contributed by atoms with Gasteiger partial charge in [-0.1, -0.05) is 0 Å². The number of aromatic nitrogens is 1. The van der Waals surface area contributed by atoms with Crippen LogP contribution in [0, 0.1) is 0 Å². The van der Waals surface area contributed by atoms with Crippen molar-refractivity contribution in [3.63, 3.8) is 0 Å². The van der Waals surface area contributed by atoms with Gasteiger partial charge in [0.25, 0.3) is 0 Å². The molecule has 1 aliphatic rings. The summed E-state index contributed by atoms with van der Waals surface area (Å²) in [4.78, 5) is 13.9. The third-order valence-electron chi connectivity index (χ3n) is 2.71. The number of pyridine rings is 1. The normalized spacial score (nSPS) is 14.0.